The fourth-order valence-electron chi connectivity index (χ4n) is 3.87. The number of nitrogens with zero attached hydrogens (tertiary/aromatic N) is 3. The Morgan fingerprint density at radius 2 is 1.85 bits per heavy atom. The monoisotopic (exact) mass is 465 g/mol. The summed E-state index contributed by atoms with van der Waals surface area (Å²) in [5.74, 6) is 0.0835. The van der Waals surface area contributed by atoms with E-state index in [0.29, 0.717) is 28.5 Å². The van der Waals surface area contributed by atoms with Crippen LogP contribution in [-0.4, -0.2) is 45.2 Å². The largest absolute Gasteiger partial charge is 0.468 e. The molecule has 0 N–H and O–H groups in total. The zero-order chi connectivity index (χ0) is 23.4. The zero-order valence-corrected chi connectivity index (χ0v) is 19.6. The van der Waals surface area contributed by atoms with Crippen molar-refractivity contribution >= 4 is 34.5 Å². The van der Waals surface area contributed by atoms with E-state index in [0.717, 1.165) is 18.4 Å². The van der Waals surface area contributed by atoms with Crippen LogP contribution in [0.3, 0.4) is 0 Å². The Hall–Kier alpha value is -3.13. The Morgan fingerprint density at radius 1 is 1.15 bits per heavy atom. The Balaban J connectivity index is 1.58. The fourth-order valence-corrected chi connectivity index (χ4v) is 4.76. The number of aromatic nitrogens is 2. The standard InChI is InChI=1S/C25H27N3O4S/c1-17(19-12-13-19)27(14-18-8-4-3-5-9-18)22(29)16-33-25-26-21-11-7-6-10-20(21)24(31)28(25)15-23(30)32-2/h3-11,17,19H,12-16H2,1-2H3. The lowest BCUT2D eigenvalue weighted by atomic mass is 10.1. The maximum Gasteiger partial charge on any atom is 0.325 e. The summed E-state index contributed by atoms with van der Waals surface area (Å²) in [5, 5.41) is 0.751. The van der Waals surface area contributed by atoms with Gasteiger partial charge in [0.15, 0.2) is 5.16 Å². The van der Waals surface area contributed by atoms with Crippen LogP contribution >= 0.6 is 11.8 Å². The SMILES string of the molecule is COC(=O)Cn1c(SCC(=O)N(Cc2ccccc2)C(C)C2CC2)nc2ccccc2c1=O. The highest BCUT2D eigenvalue weighted by Gasteiger charge is 2.34. The van der Waals surface area contributed by atoms with Gasteiger partial charge < -0.3 is 9.64 Å². The summed E-state index contributed by atoms with van der Waals surface area (Å²) >= 11 is 1.18. The molecule has 1 fully saturated rings. The highest BCUT2D eigenvalue weighted by Crippen LogP contribution is 2.36. The molecule has 1 amide bonds. The maximum atomic E-state index is 13.3. The normalized spacial score (nSPS) is 14.1. The molecule has 1 saturated carbocycles. The van der Waals surface area contributed by atoms with Gasteiger partial charge in [-0.1, -0.05) is 54.2 Å². The van der Waals surface area contributed by atoms with Gasteiger partial charge >= 0.3 is 5.97 Å². The zero-order valence-electron chi connectivity index (χ0n) is 18.8. The van der Waals surface area contributed by atoms with Crippen LogP contribution in [0.15, 0.2) is 64.5 Å². The van der Waals surface area contributed by atoms with Crippen molar-refractivity contribution in [2.24, 2.45) is 5.92 Å². The summed E-state index contributed by atoms with van der Waals surface area (Å²) in [6.07, 6.45) is 2.27. The van der Waals surface area contributed by atoms with Gasteiger partial charge in [0.1, 0.15) is 6.54 Å². The number of methoxy groups -OCH3 is 1. The first kappa shape index (κ1) is 23.0. The van der Waals surface area contributed by atoms with Crippen molar-refractivity contribution in [3.63, 3.8) is 0 Å². The minimum atomic E-state index is -0.546. The van der Waals surface area contributed by atoms with Crippen LogP contribution in [0.5, 0.6) is 0 Å². The van der Waals surface area contributed by atoms with Crippen molar-refractivity contribution in [2.75, 3.05) is 12.9 Å². The number of fused-ring (bicyclic) bond motifs is 1. The van der Waals surface area contributed by atoms with Crippen molar-refractivity contribution in [1.29, 1.82) is 0 Å². The molecule has 8 heteroatoms. The van der Waals surface area contributed by atoms with E-state index in [-0.39, 0.29) is 29.8 Å². The van der Waals surface area contributed by atoms with Crippen LogP contribution in [0.1, 0.15) is 25.3 Å². The lowest BCUT2D eigenvalue weighted by molar-refractivity contribution is -0.141. The Kier molecular flexibility index (Phi) is 7.13. The van der Waals surface area contributed by atoms with Crippen LogP contribution in [0, 0.1) is 5.92 Å². The fraction of sp³-hybridized carbons (Fsp3) is 0.360. The molecule has 0 saturated heterocycles. The average molecular weight is 466 g/mol. The molecule has 0 bridgehead atoms. The topological polar surface area (TPSA) is 81.5 Å². The third kappa shape index (κ3) is 5.45. The van der Waals surface area contributed by atoms with Gasteiger partial charge in [0, 0.05) is 12.6 Å². The second kappa shape index (κ2) is 10.2. The minimum absolute atomic E-state index is 0.0183. The molecule has 0 spiro atoms. The van der Waals surface area contributed by atoms with E-state index in [1.54, 1.807) is 24.3 Å². The van der Waals surface area contributed by atoms with Crippen LogP contribution < -0.4 is 5.56 Å². The second-order valence-electron chi connectivity index (χ2n) is 8.25. The van der Waals surface area contributed by atoms with Crippen molar-refractivity contribution in [1.82, 2.24) is 14.5 Å². The number of rotatable bonds is 9. The lowest BCUT2D eigenvalue weighted by Crippen LogP contribution is -2.40. The van der Waals surface area contributed by atoms with E-state index in [1.165, 1.54) is 23.4 Å². The van der Waals surface area contributed by atoms with Crippen LogP contribution in [0.4, 0.5) is 0 Å². The molecule has 1 aromatic heterocycles. The van der Waals surface area contributed by atoms with E-state index in [2.05, 4.69) is 11.9 Å². The van der Waals surface area contributed by atoms with Crippen LogP contribution in [-0.2, 0) is 27.4 Å². The quantitative estimate of drug-likeness (QED) is 0.273. The van der Waals surface area contributed by atoms with Gasteiger partial charge in [-0.05, 0) is 43.4 Å². The van der Waals surface area contributed by atoms with Crippen molar-refractivity contribution in [2.45, 2.75) is 44.1 Å². The number of amides is 1. The molecule has 1 atom stereocenters. The predicted octanol–water partition coefficient (Wildman–Crippen LogP) is 3.49. The molecule has 1 aliphatic carbocycles. The molecule has 1 aliphatic rings. The molecule has 1 unspecified atom stereocenters. The molecule has 4 rings (SSSR count). The van der Waals surface area contributed by atoms with Gasteiger partial charge in [0.2, 0.25) is 5.91 Å². The van der Waals surface area contributed by atoms with E-state index in [1.807, 2.05) is 35.2 Å². The molecule has 2 aromatic carbocycles. The first-order chi connectivity index (χ1) is 16.0. The van der Waals surface area contributed by atoms with Gasteiger partial charge in [-0.2, -0.15) is 0 Å². The Bertz CT molecular complexity index is 1210. The summed E-state index contributed by atoms with van der Waals surface area (Å²) in [6.45, 7) is 2.39. The number of ether oxygens (including phenoxy) is 1. The Morgan fingerprint density at radius 3 is 2.55 bits per heavy atom. The summed E-state index contributed by atoms with van der Waals surface area (Å²) in [4.78, 5) is 44.8. The number of esters is 1. The number of thioether (sulfide) groups is 1. The maximum absolute atomic E-state index is 13.3. The van der Waals surface area contributed by atoms with E-state index in [9.17, 15) is 14.4 Å². The van der Waals surface area contributed by atoms with Gasteiger partial charge in [0.05, 0.1) is 23.8 Å². The summed E-state index contributed by atoms with van der Waals surface area (Å²) in [7, 11) is 1.28. The Labute approximate surface area is 196 Å². The summed E-state index contributed by atoms with van der Waals surface area (Å²) < 4.78 is 6.05. The molecule has 7 nitrogen and oxygen atoms in total. The number of carbonyl (C=O) groups excluding carboxylic acids is 2. The minimum Gasteiger partial charge on any atom is -0.468 e. The van der Waals surface area contributed by atoms with Crippen molar-refractivity contribution in [3.05, 3.63) is 70.5 Å². The third-order valence-electron chi connectivity index (χ3n) is 5.98. The first-order valence-corrected chi connectivity index (χ1v) is 12.0. The number of para-hydroxylation sites is 1. The molecular formula is C25H27N3O4S. The van der Waals surface area contributed by atoms with Crippen LogP contribution in [0.25, 0.3) is 10.9 Å². The molecular weight excluding hydrogens is 438 g/mol. The van der Waals surface area contributed by atoms with E-state index < -0.39 is 5.97 Å². The molecule has 172 valence electrons. The summed E-state index contributed by atoms with van der Waals surface area (Å²) in [6, 6.07) is 17.1. The highest BCUT2D eigenvalue weighted by atomic mass is 32.2. The number of carbonyl (C=O) groups is 2. The van der Waals surface area contributed by atoms with Gasteiger partial charge in [-0.3, -0.25) is 19.0 Å². The molecule has 3 aromatic rings. The highest BCUT2D eigenvalue weighted by molar-refractivity contribution is 7.99. The van der Waals surface area contributed by atoms with Gasteiger partial charge in [0.25, 0.3) is 5.56 Å². The number of benzene rings is 2. The molecule has 0 aliphatic heterocycles. The predicted molar refractivity (Wildman–Crippen MR) is 128 cm³/mol. The van der Waals surface area contributed by atoms with E-state index in [4.69, 9.17) is 4.74 Å². The molecule has 33 heavy (non-hydrogen) atoms. The molecule has 0 radical (unpaired) electrons. The third-order valence-corrected chi connectivity index (χ3v) is 6.94. The smallest absolute Gasteiger partial charge is 0.325 e. The van der Waals surface area contributed by atoms with Crippen molar-refractivity contribution in [3.8, 4) is 0 Å². The number of hydrogen-bond acceptors (Lipinski definition) is 6. The van der Waals surface area contributed by atoms with Crippen LogP contribution in [0.2, 0.25) is 0 Å². The van der Waals surface area contributed by atoms with Crippen molar-refractivity contribution < 1.29 is 14.3 Å². The average Bonchev–Trinajstić information content (AvgIpc) is 3.69. The van der Waals surface area contributed by atoms with E-state index >= 15 is 0 Å². The molecule has 1 heterocycles. The summed E-state index contributed by atoms with van der Waals surface area (Å²) in [5.41, 5.74) is 1.29. The first-order valence-electron chi connectivity index (χ1n) is 11.0. The second-order valence-corrected chi connectivity index (χ2v) is 9.20. The number of hydrogen-bond donors (Lipinski definition) is 0. The van der Waals surface area contributed by atoms with Gasteiger partial charge in [-0.15, -0.1) is 0 Å². The van der Waals surface area contributed by atoms with Gasteiger partial charge in [-0.25, -0.2) is 4.98 Å². The lowest BCUT2D eigenvalue weighted by Gasteiger charge is -2.29.